The number of ether oxygens (including phenoxy) is 1. The summed E-state index contributed by atoms with van der Waals surface area (Å²) in [6, 6.07) is 0. The molecule has 0 aromatic carbocycles. The van der Waals surface area contributed by atoms with Gasteiger partial charge in [-0.15, -0.1) is 0 Å². The Kier molecular flexibility index (Phi) is 4.92. The number of carbonyl (C=O) groups excluding carboxylic acids is 3. The molecule has 0 radical (unpaired) electrons. The maximum absolute atomic E-state index is 10.9. The lowest BCUT2D eigenvalue weighted by molar-refractivity contribution is -0.149. The van der Waals surface area contributed by atoms with E-state index >= 15 is 0 Å². The van der Waals surface area contributed by atoms with Gasteiger partial charge in [0.05, 0.1) is 7.11 Å². The normalized spacial score (nSPS) is 11.8. The summed E-state index contributed by atoms with van der Waals surface area (Å²) >= 11 is 0. The number of ketones is 1. The average Bonchev–Trinajstić information content (AvgIpc) is 2.04. The van der Waals surface area contributed by atoms with Gasteiger partial charge in [0.15, 0.2) is 0 Å². The molecule has 0 rings (SSSR count). The molecule has 0 fully saturated rings. The number of aldehydes is 1. The van der Waals surface area contributed by atoms with E-state index in [1.54, 1.807) is 0 Å². The summed E-state index contributed by atoms with van der Waals surface area (Å²) in [5.41, 5.74) is 0. The van der Waals surface area contributed by atoms with Crippen LogP contribution in [0.2, 0.25) is 0 Å². The highest BCUT2D eigenvalue weighted by molar-refractivity contribution is 5.97. The van der Waals surface area contributed by atoms with Crippen molar-refractivity contribution in [3.8, 4) is 0 Å². The first-order valence-electron chi connectivity index (χ1n) is 3.65. The van der Waals surface area contributed by atoms with E-state index in [0.717, 1.165) is 0 Å². The molecule has 0 aromatic rings. The van der Waals surface area contributed by atoms with Crippen molar-refractivity contribution in [1.29, 1.82) is 0 Å². The number of methoxy groups -OCH3 is 1. The third-order valence-corrected chi connectivity index (χ3v) is 1.55. The minimum atomic E-state index is -0.778. The van der Waals surface area contributed by atoms with Gasteiger partial charge in [-0.25, -0.2) is 0 Å². The van der Waals surface area contributed by atoms with E-state index in [2.05, 4.69) is 4.74 Å². The maximum atomic E-state index is 10.9. The van der Waals surface area contributed by atoms with Crippen LogP contribution in [0.5, 0.6) is 0 Å². The molecule has 1 atom stereocenters. The fraction of sp³-hybridized carbons (Fsp3) is 0.625. The molecule has 0 aliphatic rings. The van der Waals surface area contributed by atoms with Gasteiger partial charge in [-0.05, 0) is 13.3 Å². The summed E-state index contributed by atoms with van der Waals surface area (Å²) < 4.78 is 4.40. The van der Waals surface area contributed by atoms with Crippen LogP contribution in [-0.2, 0) is 19.1 Å². The van der Waals surface area contributed by atoms with Crippen molar-refractivity contribution in [2.75, 3.05) is 7.11 Å². The molecule has 0 spiro atoms. The predicted octanol–water partition coefficient (Wildman–Crippen LogP) is 0.344. The second kappa shape index (κ2) is 5.46. The number of carbonyl (C=O) groups is 3. The lowest BCUT2D eigenvalue weighted by Crippen LogP contribution is -2.23. The first-order valence-corrected chi connectivity index (χ1v) is 3.65. The molecule has 12 heavy (non-hydrogen) atoms. The molecule has 0 saturated carbocycles. The summed E-state index contributed by atoms with van der Waals surface area (Å²) in [4.78, 5) is 31.7. The molecule has 0 aliphatic carbocycles. The number of Topliss-reactive ketones (excluding diaryl/α,β-unsaturated/α-hetero) is 1. The number of hydrogen-bond donors (Lipinski definition) is 0. The second-order valence-corrected chi connectivity index (χ2v) is 2.43. The number of rotatable bonds is 5. The van der Waals surface area contributed by atoms with Crippen molar-refractivity contribution in [1.82, 2.24) is 0 Å². The molecule has 0 heterocycles. The highest BCUT2D eigenvalue weighted by Crippen LogP contribution is 2.08. The molecule has 0 aliphatic heterocycles. The third-order valence-electron chi connectivity index (χ3n) is 1.55. The maximum Gasteiger partial charge on any atom is 0.316 e. The van der Waals surface area contributed by atoms with Gasteiger partial charge in [-0.3, -0.25) is 9.59 Å². The van der Waals surface area contributed by atoms with Crippen molar-refractivity contribution in [3.05, 3.63) is 0 Å². The van der Waals surface area contributed by atoms with Crippen LogP contribution >= 0.6 is 0 Å². The van der Waals surface area contributed by atoms with Gasteiger partial charge in [0, 0.05) is 6.42 Å². The van der Waals surface area contributed by atoms with E-state index in [4.69, 9.17) is 0 Å². The van der Waals surface area contributed by atoms with Gasteiger partial charge in [-0.1, -0.05) is 0 Å². The van der Waals surface area contributed by atoms with Gasteiger partial charge in [0.2, 0.25) is 0 Å². The van der Waals surface area contributed by atoms with Crippen molar-refractivity contribution in [3.63, 3.8) is 0 Å². The molecule has 0 N–H and O–H groups in total. The number of hydrogen-bond acceptors (Lipinski definition) is 4. The second-order valence-electron chi connectivity index (χ2n) is 2.43. The molecular formula is C8H12O4. The average molecular weight is 172 g/mol. The summed E-state index contributed by atoms with van der Waals surface area (Å²) in [6.45, 7) is 1.31. The fourth-order valence-corrected chi connectivity index (χ4v) is 0.864. The molecule has 0 aromatic heterocycles. The molecule has 0 amide bonds. The molecule has 0 bridgehead atoms. The van der Waals surface area contributed by atoms with E-state index in [0.29, 0.717) is 6.29 Å². The topological polar surface area (TPSA) is 60.4 Å². The van der Waals surface area contributed by atoms with Gasteiger partial charge in [0.1, 0.15) is 18.0 Å². The van der Waals surface area contributed by atoms with E-state index < -0.39 is 11.9 Å². The van der Waals surface area contributed by atoms with Crippen molar-refractivity contribution >= 4 is 18.0 Å². The van der Waals surface area contributed by atoms with E-state index in [1.165, 1.54) is 14.0 Å². The van der Waals surface area contributed by atoms with Gasteiger partial charge in [-0.2, -0.15) is 0 Å². The van der Waals surface area contributed by atoms with Crippen LogP contribution in [-0.4, -0.2) is 25.1 Å². The zero-order valence-corrected chi connectivity index (χ0v) is 7.20. The van der Waals surface area contributed by atoms with Crippen LogP contribution in [0.4, 0.5) is 0 Å². The van der Waals surface area contributed by atoms with Crippen LogP contribution in [0.25, 0.3) is 0 Å². The molecule has 0 unspecified atom stereocenters. The molecule has 4 nitrogen and oxygen atoms in total. The quantitative estimate of drug-likeness (QED) is 0.341. The third kappa shape index (κ3) is 3.27. The molecule has 0 saturated heterocycles. The van der Waals surface area contributed by atoms with Crippen molar-refractivity contribution in [2.24, 2.45) is 5.92 Å². The smallest absolute Gasteiger partial charge is 0.316 e. The lowest BCUT2D eigenvalue weighted by atomic mass is 10.00. The number of esters is 1. The van der Waals surface area contributed by atoms with Crippen molar-refractivity contribution in [2.45, 2.75) is 19.8 Å². The van der Waals surface area contributed by atoms with E-state index in [1.807, 2.05) is 0 Å². The Balaban J connectivity index is 4.12. The van der Waals surface area contributed by atoms with Crippen LogP contribution in [0, 0.1) is 5.92 Å². The first-order chi connectivity index (χ1) is 5.63. The minimum Gasteiger partial charge on any atom is -0.468 e. The van der Waals surface area contributed by atoms with Gasteiger partial charge in [0.25, 0.3) is 0 Å². The Bertz CT molecular complexity index is 185. The Labute approximate surface area is 70.9 Å². The minimum absolute atomic E-state index is 0.208. The van der Waals surface area contributed by atoms with Crippen LogP contribution in [0.1, 0.15) is 19.8 Å². The summed E-state index contributed by atoms with van der Waals surface area (Å²) in [5.74, 6) is -1.60. The van der Waals surface area contributed by atoms with E-state index in [-0.39, 0.29) is 18.6 Å². The van der Waals surface area contributed by atoms with Crippen LogP contribution < -0.4 is 0 Å². The highest BCUT2D eigenvalue weighted by Gasteiger charge is 2.22. The predicted molar refractivity (Wildman–Crippen MR) is 41.5 cm³/mol. The SMILES string of the molecule is COC(=O)[C@@H](CCC=O)C(C)=O. The molecule has 4 heteroatoms. The largest absolute Gasteiger partial charge is 0.468 e. The van der Waals surface area contributed by atoms with Gasteiger partial charge >= 0.3 is 5.97 Å². The first kappa shape index (κ1) is 10.8. The highest BCUT2D eigenvalue weighted by atomic mass is 16.5. The molecule has 68 valence electrons. The lowest BCUT2D eigenvalue weighted by Gasteiger charge is -2.08. The Morgan fingerprint density at radius 1 is 1.50 bits per heavy atom. The van der Waals surface area contributed by atoms with Crippen LogP contribution in [0.3, 0.4) is 0 Å². The Hall–Kier alpha value is -1.19. The Morgan fingerprint density at radius 2 is 2.08 bits per heavy atom. The molecular weight excluding hydrogens is 160 g/mol. The Morgan fingerprint density at radius 3 is 2.42 bits per heavy atom. The van der Waals surface area contributed by atoms with Crippen molar-refractivity contribution < 1.29 is 19.1 Å². The summed E-state index contributed by atoms with van der Waals surface area (Å²) in [5, 5.41) is 0. The standard InChI is InChI=1S/C8H12O4/c1-6(10)7(4-3-5-9)8(11)12-2/h5,7H,3-4H2,1-2H3/t7-/m0/s1. The van der Waals surface area contributed by atoms with Crippen LogP contribution in [0.15, 0.2) is 0 Å². The summed E-state index contributed by atoms with van der Waals surface area (Å²) in [7, 11) is 1.22. The zero-order valence-electron chi connectivity index (χ0n) is 7.20. The van der Waals surface area contributed by atoms with E-state index in [9.17, 15) is 14.4 Å². The van der Waals surface area contributed by atoms with Gasteiger partial charge < -0.3 is 9.53 Å². The monoisotopic (exact) mass is 172 g/mol. The zero-order chi connectivity index (χ0) is 9.56. The summed E-state index contributed by atoms with van der Waals surface area (Å²) in [6.07, 6.45) is 1.13. The fourth-order valence-electron chi connectivity index (χ4n) is 0.864.